The summed E-state index contributed by atoms with van der Waals surface area (Å²) in [6.45, 7) is 5.11. The van der Waals surface area contributed by atoms with Crippen LogP contribution in [-0.4, -0.2) is 50.6 Å². The molecule has 2 fully saturated rings. The minimum absolute atomic E-state index is 0.599. The molecule has 6 nitrogen and oxygen atoms in total. The van der Waals surface area contributed by atoms with Gasteiger partial charge in [0, 0.05) is 56.4 Å². The van der Waals surface area contributed by atoms with E-state index >= 15 is 0 Å². The molecular weight excluding hydrogens is 380 g/mol. The van der Waals surface area contributed by atoms with Crippen LogP contribution in [0, 0.1) is 0 Å². The normalized spacial score (nSPS) is 20.4. The Morgan fingerprint density at radius 3 is 2.66 bits per heavy atom. The van der Waals surface area contributed by atoms with E-state index in [0.717, 1.165) is 44.4 Å². The van der Waals surface area contributed by atoms with Crippen LogP contribution in [0.1, 0.15) is 53.7 Å². The fraction of sp³-hybridized carbons (Fsp3) is 0.591. The zero-order valence-electron chi connectivity index (χ0n) is 17.1. The van der Waals surface area contributed by atoms with E-state index in [0.29, 0.717) is 5.92 Å². The van der Waals surface area contributed by atoms with E-state index in [4.69, 9.17) is 9.97 Å². The van der Waals surface area contributed by atoms with Gasteiger partial charge in [0.05, 0.1) is 11.9 Å². The quantitative estimate of drug-likeness (QED) is 0.661. The van der Waals surface area contributed by atoms with Crippen LogP contribution < -0.4 is 4.90 Å². The van der Waals surface area contributed by atoms with Crippen molar-refractivity contribution >= 4 is 27.4 Å². The van der Waals surface area contributed by atoms with E-state index in [9.17, 15) is 0 Å². The summed E-state index contributed by atoms with van der Waals surface area (Å²) in [6, 6.07) is 0. The maximum absolute atomic E-state index is 5.17. The zero-order valence-corrected chi connectivity index (χ0v) is 17.9. The van der Waals surface area contributed by atoms with Crippen molar-refractivity contribution in [2.45, 2.75) is 51.0 Å². The molecule has 7 heteroatoms. The van der Waals surface area contributed by atoms with Crippen molar-refractivity contribution in [1.82, 2.24) is 24.4 Å². The number of hydrogen-bond donors (Lipinski definition) is 0. The number of fused-ring (bicyclic) bond motifs is 3. The lowest BCUT2D eigenvalue weighted by atomic mass is 9.97. The topological polar surface area (TPSA) is 50.1 Å². The smallest absolute Gasteiger partial charge is 0.141 e. The Labute approximate surface area is 175 Å². The molecule has 0 unspecified atom stereocenters. The Morgan fingerprint density at radius 1 is 1.07 bits per heavy atom. The monoisotopic (exact) mass is 408 g/mol. The molecular formula is C22H28N6S. The van der Waals surface area contributed by atoms with Gasteiger partial charge in [-0.05, 0) is 44.1 Å². The highest BCUT2D eigenvalue weighted by molar-refractivity contribution is 7.19. The summed E-state index contributed by atoms with van der Waals surface area (Å²) in [5, 5.41) is 1.38. The lowest BCUT2D eigenvalue weighted by Gasteiger charge is -2.35. The first kappa shape index (κ1) is 17.8. The van der Waals surface area contributed by atoms with Gasteiger partial charge < -0.3 is 9.47 Å². The van der Waals surface area contributed by atoms with E-state index in [1.54, 1.807) is 10.4 Å². The van der Waals surface area contributed by atoms with Crippen LogP contribution in [0.5, 0.6) is 0 Å². The van der Waals surface area contributed by atoms with Gasteiger partial charge in [0.25, 0.3) is 0 Å². The van der Waals surface area contributed by atoms with Gasteiger partial charge in [-0.2, -0.15) is 0 Å². The first-order valence-corrected chi connectivity index (χ1v) is 11.8. The molecule has 3 aromatic rings. The minimum atomic E-state index is 0.599. The number of nitrogens with zero attached hydrogens (tertiary/aromatic N) is 6. The molecule has 2 aliphatic carbocycles. The van der Waals surface area contributed by atoms with Crippen LogP contribution in [0.15, 0.2) is 12.4 Å². The third-order valence-electron chi connectivity index (χ3n) is 6.71. The SMILES string of the molecule is Cn1ccnc1CN1CCN(c2nc(C3CC3)nc3sc4c(c23)CCCC4)CC1. The summed E-state index contributed by atoms with van der Waals surface area (Å²) in [6.07, 6.45) is 11.5. The molecule has 1 saturated carbocycles. The summed E-state index contributed by atoms with van der Waals surface area (Å²) in [4.78, 5) is 22.6. The van der Waals surface area contributed by atoms with Gasteiger partial charge in [-0.15, -0.1) is 11.3 Å². The van der Waals surface area contributed by atoms with E-state index in [1.165, 1.54) is 54.6 Å². The molecule has 0 amide bonds. The number of aryl methyl sites for hydroxylation is 3. The summed E-state index contributed by atoms with van der Waals surface area (Å²) >= 11 is 1.94. The molecule has 0 bridgehead atoms. The van der Waals surface area contributed by atoms with E-state index in [-0.39, 0.29) is 0 Å². The van der Waals surface area contributed by atoms with E-state index < -0.39 is 0 Å². The standard InChI is InChI=1S/C22H28N6S/c1-26-9-8-23-18(26)14-27-10-12-28(13-11-27)21-19-16-4-2-3-5-17(16)29-22(19)25-20(24-21)15-6-7-15/h8-9,15H,2-7,10-14H2,1H3. The highest BCUT2D eigenvalue weighted by atomic mass is 32.1. The Balaban J connectivity index is 1.30. The van der Waals surface area contributed by atoms with Gasteiger partial charge in [-0.3, -0.25) is 4.90 Å². The molecule has 152 valence electrons. The summed E-state index contributed by atoms with van der Waals surface area (Å²) in [7, 11) is 2.08. The molecule has 29 heavy (non-hydrogen) atoms. The highest BCUT2D eigenvalue weighted by Gasteiger charge is 2.31. The number of thiophene rings is 1. The molecule has 3 aromatic heterocycles. The van der Waals surface area contributed by atoms with Gasteiger partial charge in [-0.1, -0.05) is 0 Å². The number of piperazine rings is 1. The van der Waals surface area contributed by atoms with E-state index in [1.807, 2.05) is 23.7 Å². The molecule has 1 aliphatic heterocycles. The van der Waals surface area contributed by atoms with Crippen LogP contribution in [0.3, 0.4) is 0 Å². The molecule has 4 heterocycles. The Kier molecular flexibility index (Phi) is 4.34. The third-order valence-corrected chi connectivity index (χ3v) is 7.90. The molecule has 0 atom stereocenters. The van der Waals surface area contributed by atoms with Crippen molar-refractivity contribution in [2.75, 3.05) is 31.1 Å². The van der Waals surface area contributed by atoms with E-state index in [2.05, 4.69) is 26.4 Å². The van der Waals surface area contributed by atoms with Gasteiger partial charge >= 0.3 is 0 Å². The number of rotatable bonds is 4. The fourth-order valence-electron chi connectivity index (χ4n) is 4.77. The molecule has 6 rings (SSSR count). The molecule has 0 N–H and O–H groups in total. The first-order chi connectivity index (χ1) is 14.3. The number of aromatic nitrogens is 4. The minimum Gasteiger partial charge on any atom is -0.353 e. The molecule has 1 saturated heterocycles. The fourth-order valence-corrected chi connectivity index (χ4v) is 6.04. The lowest BCUT2D eigenvalue weighted by molar-refractivity contribution is 0.241. The molecule has 0 radical (unpaired) electrons. The zero-order chi connectivity index (χ0) is 19.4. The van der Waals surface area contributed by atoms with Gasteiger partial charge in [0.2, 0.25) is 0 Å². The van der Waals surface area contributed by atoms with Crippen LogP contribution in [-0.2, 0) is 26.4 Å². The summed E-state index contributed by atoms with van der Waals surface area (Å²) < 4.78 is 2.12. The van der Waals surface area contributed by atoms with Crippen molar-refractivity contribution in [2.24, 2.45) is 7.05 Å². The third kappa shape index (κ3) is 3.24. The number of hydrogen-bond acceptors (Lipinski definition) is 6. The maximum Gasteiger partial charge on any atom is 0.141 e. The average molecular weight is 409 g/mol. The second kappa shape index (κ2) is 7.06. The van der Waals surface area contributed by atoms with Gasteiger partial charge in [0.15, 0.2) is 0 Å². The van der Waals surface area contributed by atoms with Gasteiger partial charge in [0.1, 0.15) is 22.3 Å². The Bertz CT molecular complexity index is 1040. The average Bonchev–Trinajstić information content (AvgIpc) is 3.42. The van der Waals surface area contributed by atoms with Gasteiger partial charge in [-0.25, -0.2) is 15.0 Å². The lowest BCUT2D eigenvalue weighted by Crippen LogP contribution is -2.46. The van der Waals surface area contributed by atoms with Crippen molar-refractivity contribution in [3.05, 3.63) is 34.5 Å². The van der Waals surface area contributed by atoms with Crippen molar-refractivity contribution in [1.29, 1.82) is 0 Å². The number of imidazole rings is 1. The molecule has 0 spiro atoms. The van der Waals surface area contributed by atoms with Crippen molar-refractivity contribution in [3.8, 4) is 0 Å². The second-order valence-electron chi connectivity index (χ2n) is 8.79. The van der Waals surface area contributed by atoms with Crippen LogP contribution >= 0.6 is 11.3 Å². The maximum atomic E-state index is 5.17. The predicted molar refractivity (Wildman–Crippen MR) is 117 cm³/mol. The number of anilines is 1. The van der Waals surface area contributed by atoms with Crippen molar-refractivity contribution in [3.63, 3.8) is 0 Å². The summed E-state index contributed by atoms with van der Waals surface area (Å²) in [5.74, 6) is 4.07. The predicted octanol–water partition coefficient (Wildman–Crippen LogP) is 3.50. The van der Waals surface area contributed by atoms with Crippen LogP contribution in [0.25, 0.3) is 10.2 Å². The Hall–Kier alpha value is -1.99. The second-order valence-corrected chi connectivity index (χ2v) is 9.87. The van der Waals surface area contributed by atoms with Crippen LogP contribution in [0.4, 0.5) is 5.82 Å². The van der Waals surface area contributed by atoms with Crippen LogP contribution in [0.2, 0.25) is 0 Å². The van der Waals surface area contributed by atoms with Crippen molar-refractivity contribution < 1.29 is 0 Å². The summed E-state index contributed by atoms with van der Waals surface area (Å²) in [5.41, 5.74) is 1.56. The molecule has 0 aromatic carbocycles. The first-order valence-electron chi connectivity index (χ1n) is 11.0. The largest absolute Gasteiger partial charge is 0.353 e. The highest BCUT2D eigenvalue weighted by Crippen LogP contribution is 2.44. The Morgan fingerprint density at radius 2 is 1.90 bits per heavy atom. The molecule has 3 aliphatic rings.